The van der Waals surface area contributed by atoms with E-state index in [1.54, 1.807) is 17.1 Å². The second-order valence-corrected chi connectivity index (χ2v) is 7.96. The van der Waals surface area contributed by atoms with Crippen LogP contribution in [0.1, 0.15) is 46.6 Å². The molecule has 1 unspecified atom stereocenters. The number of amides is 1. The largest absolute Gasteiger partial charge is 0.368 e. The van der Waals surface area contributed by atoms with Gasteiger partial charge >= 0.3 is 0 Å². The Kier molecular flexibility index (Phi) is 4.08. The van der Waals surface area contributed by atoms with Crippen LogP contribution in [0.5, 0.6) is 0 Å². The number of anilines is 1. The van der Waals surface area contributed by atoms with Gasteiger partial charge in [0.1, 0.15) is 0 Å². The van der Waals surface area contributed by atoms with Crippen molar-refractivity contribution in [3.05, 3.63) is 59.3 Å². The highest BCUT2D eigenvalue weighted by Crippen LogP contribution is 2.44. The van der Waals surface area contributed by atoms with E-state index in [0.29, 0.717) is 23.9 Å². The first-order valence-corrected chi connectivity index (χ1v) is 9.95. The average Bonchev–Trinajstić information content (AvgIpc) is 3.29. The fourth-order valence-electron chi connectivity index (χ4n) is 4.76. The van der Waals surface area contributed by atoms with Gasteiger partial charge in [-0.25, -0.2) is 19.6 Å². The SMILES string of the molecule is Cc1c(C(=O)N2CCCC3(CCc4cnc(N)nc43)C2)cnn1-c1ccccn1. The number of nitrogen functional groups attached to an aromatic ring is 1. The Morgan fingerprint density at radius 2 is 2.10 bits per heavy atom. The molecular weight excluding hydrogens is 366 g/mol. The zero-order valence-corrected chi connectivity index (χ0v) is 16.4. The van der Waals surface area contributed by atoms with Gasteiger partial charge in [0, 0.05) is 30.9 Å². The van der Waals surface area contributed by atoms with Crippen molar-refractivity contribution in [1.82, 2.24) is 29.6 Å². The van der Waals surface area contributed by atoms with Gasteiger partial charge in [-0.3, -0.25) is 4.79 Å². The lowest BCUT2D eigenvalue weighted by molar-refractivity contribution is 0.0632. The third-order valence-electron chi connectivity index (χ3n) is 6.23. The van der Waals surface area contributed by atoms with Crippen molar-refractivity contribution in [3.63, 3.8) is 0 Å². The fourth-order valence-corrected chi connectivity index (χ4v) is 4.76. The normalized spacial score (nSPS) is 20.8. The summed E-state index contributed by atoms with van der Waals surface area (Å²) in [7, 11) is 0. The Balaban J connectivity index is 1.44. The molecule has 0 aromatic carbocycles. The van der Waals surface area contributed by atoms with E-state index in [2.05, 4.69) is 20.1 Å². The Labute approximate surface area is 168 Å². The second kappa shape index (κ2) is 6.65. The van der Waals surface area contributed by atoms with Crippen LogP contribution in [0.2, 0.25) is 0 Å². The van der Waals surface area contributed by atoms with E-state index in [4.69, 9.17) is 5.73 Å². The lowest BCUT2D eigenvalue weighted by Gasteiger charge is -2.40. The van der Waals surface area contributed by atoms with E-state index in [9.17, 15) is 4.79 Å². The number of aryl methyl sites for hydroxylation is 1. The van der Waals surface area contributed by atoms with Gasteiger partial charge in [-0.2, -0.15) is 5.10 Å². The van der Waals surface area contributed by atoms with Crippen molar-refractivity contribution in [3.8, 4) is 5.82 Å². The summed E-state index contributed by atoms with van der Waals surface area (Å²) < 4.78 is 1.71. The highest BCUT2D eigenvalue weighted by Gasteiger charge is 2.45. The van der Waals surface area contributed by atoms with Gasteiger partial charge in [-0.1, -0.05) is 6.07 Å². The molecule has 8 heteroatoms. The van der Waals surface area contributed by atoms with E-state index >= 15 is 0 Å². The quantitative estimate of drug-likeness (QED) is 0.720. The average molecular weight is 389 g/mol. The van der Waals surface area contributed by atoms with E-state index < -0.39 is 0 Å². The summed E-state index contributed by atoms with van der Waals surface area (Å²) in [6.45, 7) is 3.31. The van der Waals surface area contributed by atoms with Gasteiger partial charge in [0.2, 0.25) is 5.95 Å². The molecule has 1 saturated heterocycles. The number of fused-ring (bicyclic) bond motifs is 2. The van der Waals surface area contributed by atoms with E-state index in [-0.39, 0.29) is 11.3 Å². The van der Waals surface area contributed by atoms with Crippen LogP contribution in [0.25, 0.3) is 5.82 Å². The molecule has 2 aliphatic rings. The van der Waals surface area contributed by atoms with Gasteiger partial charge in [0.05, 0.1) is 23.1 Å². The van der Waals surface area contributed by atoms with Crippen LogP contribution in [0, 0.1) is 6.92 Å². The molecule has 5 rings (SSSR count). The summed E-state index contributed by atoms with van der Waals surface area (Å²) in [5.41, 5.74) is 9.35. The van der Waals surface area contributed by atoms with Crippen LogP contribution in [0.15, 0.2) is 36.8 Å². The lowest BCUT2D eigenvalue weighted by atomic mass is 9.77. The molecule has 8 nitrogen and oxygen atoms in total. The monoisotopic (exact) mass is 389 g/mol. The molecule has 3 aromatic heterocycles. The number of carbonyl (C=O) groups excluding carboxylic acids is 1. The maximum atomic E-state index is 13.4. The standard InChI is InChI=1S/C21H23N7O/c1-14-16(12-25-28(14)17-5-2-3-9-23-17)19(29)27-10-4-7-21(13-27)8-6-15-11-24-20(22)26-18(15)21/h2-3,5,9,11-12H,4,6-8,10,13H2,1H3,(H2,22,24,26). The highest BCUT2D eigenvalue weighted by atomic mass is 16.2. The molecule has 0 bridgehead atoms. The minimum atomic E-state index is -0.120. The molecule has 0 saturated carbocycles. The van der Waals surface area contributed by atoms with Crippen molar-refractivity contribution < 1.29 is 4.79 Å². The van der Waals surface area contributed by atoms with Crippen molar-refractivity contribution in [2.75, 3.05) is 18.8 Å². The molecule has 4 heterocycles. The number of carbonyl (C=O) groups is 1. The number of hydrogen-bond donors (Lipinski definition) is 1. The molecule has 1 fully saturated rings. The summed E-state index contributed by atoms with van der Waals surface area (Å²) in [5, 5.41) is 4.41. The highest BCUT2D eigenvalue weighted by molar-refractivity contribution is 5.95. The number of aromatic nitrogens is 5. The smallest absolute Gasteiger partial charge is 0.257 e. The Bertz CT molecular complexity index is 1070. The predicted octanol–water partition coefficient (Wildman–Crippen LogP) is 2.07. The Morgan fingerprint density at radius 1 is 1.21 bits per heavy atom. The predicted molar refractivity (Wildman–Crippen MR) is 108 cm³/mol. The summed E-state index contributed by atoms with van der Waals surface area (Å²) in [6.07, 6.45) is 9.10. The molecular formula is C21H23N7O. The molecule has 1 aliphatic carbocycles. The maximum absolute atomic E-state index is 13.4. The lowest BCUT2D eigenvalue weighted by Crippen LogP contribution is -2.48. The topological polar surface area (TPSA) is 103 Å². The third kappa shape index (κ3) is 2.86. The van der Waals surface area contributed by atoms with E-state index in [1.165, 1.54) is 0 Å². The number of nitrogens with zero attached hydrogens (tertiary/aromatic N) is 6. The summed E-state index contributed by atoms with van der Waals surface area (Å²) in [6, 6.07) is 5.64. The van der Waals surface area contributed by atoms with Crippen LogP contribution in [0.3, 0.4) is 0 Å². The first kappa shape index (κ1) is 17.8. The number of rotatable bonds is 2. The molecule has 0 radical (unpaired) electrons. The zero-order valence-electron chi connectivity index (χ0n) is 16.4. The minimum Gasteiger partial charge on any atom is -0.368 e. The van der Waals surface area contributed by atoms with E-state index in [0.717, 1.165) is 49.2 Å². The number of likely N-dealkylation sites (tertiary alicyclic amines) is 1. The zero-order chi connectivity index (χ0) is 20.0. The van der Waals surface area contributed by atoms with Crippen LogP contribution in [-0.2, 0) is 11.8 Å². The molecule has 29 heavy (non-hydrogen) atoms. The van der Waals surface area contributed by atoms with Crippen LogP contribution >= 0.6 is 0 Å². The van der Waals surface area contributed by atoms with Crippen molar-refractivity contribution in [2.24, 2.45) is 0 Å². The number of piperidine rings is 1. The van der Waals surface area contributed by atoms with Gasteiger partial charge < -0.3 is 10.6 Å². The third-order valence-corrected chi connectivity index (χ3v) is 6.23. The van der Waals surface area contributed by atoms with Crippen LogP contribution in [0.4, 0.5) is 5.95 Å². The Morgan fingerprint density at radius 3 is 2.93 bits per heavy atom. The summed E-state index contributed by atoms with van der Waals surface area (Å²) >= 11 is 0. The number of hydrogen-bond acceptors (Lipinski definition) is 6. The maximum Gasteiger partial charge on any atom is 0.257 e. The van der Waals surface area contributed by atoms with Gasteiger partial charge in [0.15, 0.2) is 5.82 Å². The molecule has 3 aromatic rings. The van der Waals surface area contributed by atoms with Crippen LogP contribution < -0.4 is 5.73 Å². The molecule has 1 amide bonds. The van der Waals surface area contributed by atoms with E-state index in [1.807, 2.05) is 36.2 Å². The molecule has 1 spiro atoms. The molecule has 2 N–H and O–H groups in total. The molecule has 1 aliphatic heterocycles. The number of pyridine rings is 1. The van der Waals surface area contributed by atoms with Gasteiger partial charge in [-0.15, -0.1) is 0 Å². The number of nitrogens with two attached hydrogens (primary N) is 1. The Hall–Kier alpha value is -3.29. The summed E-state index contributed by atoms with van der Waals surface area (Å²) in [5.74, 6) is 1.02. The van der Waals surface area contributed by atoms with Crippen LogP contribution in [-0.4, -0.2) is 48.6 Å². The van der Waals surface area contributed by atoms with Crippen molar-refractivity contribution in [1.29, 1.82) is 0 Å². The summed E-state index contributed by atoms with van der Waals surface area (Å²) in [4.78, 5) is 28.4. The fraction of sp³-hybridized carbons (Fsp3) is 0.381. The van der Waals surface area contributed by atoms with Crippen molar-refractivity contribution >= 4 is 11.9 Å². The first-order chi connectivity index (χ1) is 14.1. The van der Waals surface area contributed by atoms with Gasteiger partial charge in [-0.05, 0) is 50.3 Å². The molecule has 1 atom stereocenters. The minimum absolute atomic E-state index is 0.0132. The van der Waals surface area contributed by atoms with Gasteiger partial charge in [0.25, 0.3) is 5.91 Å². The first-order valence-electron chi connectivity index (χ1n) is 9.95. The molecule has 148 valence electrons. The van der Waals surface area contributed by atoms with Crippen molar-refractivity contribution in [2.45, 2.75) is 38.0 Å². The second-order valence-electron chi connectivity index (χ2n) is 7.96.